The number of carbonyl (C=O) groups excluding carboxylic acids is 1. The third kappa shape index (κ3) is 2.98. The third-order valence-electron chi connectivity index (χ3n) is 5.58. The molecule has 2 N–H and O–H groups in total. The molecule has 1 saturated heterocycles. The standard InChI is InChI=1S/C22H23N3O2/c26-22-20(18-5-1-2-6-19(18)24-22)21-17-8-7-16(13-15(17)14-27-21)23-9-12-25-10-3-4-11-25/h1-2,5-8,13,23H,3-4,9-12,14H2,(H,24,26). The van der Waals surface area contributed by atoms with Crippen LogP contribution >= 0.6 is 0 Å². The first-order chi connectivity index (χ1) is 13.3. The molecule has 1 amide bonds. The molecule has 27 heavy (non-hydrogen) atoms. The zero-order valence-electron chi connectivity index (χ0n) is 15.3. The Bertz CT molecular complexity index is 929. The van der Waals surface area contributed by atoms with Crippen LogP contribution in [0.15, 0.2) is 42.5 Å². The molecule has 0 saturated carbocycles. The molecule has 0 aromatic heterocycles. The molecular formula is C22H23N3O2. The molecule has 138 valence electrons. The van der Waals surface area contributed by atoms with E-state index in [0.29, 0.717) is 17.9 Å². The monoisotopic (exact) mass is 361 g/mol. The second-order valence-corrected chi connectivity index (χ2v) is 7.34. The van der Waals surface area contributed by atoms with Gasteiger partial charge < -0.3 is 20.3 Å². The molecule has 5 nitrogen and oxygen atoms in total. The van der Waals surface area contributed by atoms with E-state index in [4.69, 9.17) is 4.74 Å². The normalized spacial score (nSPS) is 21.0. The van der Waals surface area contributed by atoms with Gasteiger partial charge in [0.1, 0.15) is 12.4 Å². The van der Waals surface area contributed by atoms with Crippen LogP contribution in [-0.2, 0) is 16.1 Å². The van der Waals surface area contributed by atoms with Crippen LogP contribution in [0, 0.1) is 0 Å². The minimum Gasteiger partial charge on any atom is -0.487 e. The van der Waals surface area contributed by atoms with E-state index in [-0.39, 0.29) is 5.91 Å². The zero-order chi connectivity index (χ0) is 18.2. The molecule has 0 aliphatic carbocycles. The van der Waals surface area contributed by atoms with Gasteiger partial charge in [-0.15, -0.1) is 0 Å². The van der Waals surface area contributed by atoms with Crippen molar-refractivity contribution in [1.29, 1.82) is 0 Å². The Hall–Kier alpha value is -2.79. The summed E-state index contributed by atoms with van der Waals surface area (Å²) >= 11 is 0. The first-order valence-corrected chi connectivity index (χ1v) is 9.67. The van der Waals surface area contributed by atoms with E-state index in [2.05, 4.69) is 33.7 Å². The largest absolute Gasteiger partial charge is 0.487 e. The zero-order valence-corrected chi connectivity index (χ0v) is 15.3. The molecule has 0 radical (unpaired) electrons. The fraction of sp³-hybridized carbons (Fsp3) is 0.318. The lowest BCUT2D eigenvalue weighted by molar-refractivity contribution is -0.110. The lowest BCUT2D eigenvalue weighted by atomic mass is 10.0. The highest BCUT2D eigenvalue weighted by atomic mass is 16.5. The average molecular weight is 361 g/mol. The molecule has 3 aliphatic heterocycles. The van der Waals surface area contributed by atoms with Gasteiger partial charge in [-0.1, -0.05) is 18.2 Å². The molecule has 3 aliphatic rings. The summed E-state index contributed by atoms with van der Waals surface area (Å²) in [6, 6.07) is 14.0. The van der Waals surface area contributed by atoms with Crippen molar-refractivity contribution in [3.63, 3.8) is 0 Å². The van der Waals surface area contributed by atoms with E-state index in [9.17, 15) is 4.79 Å². The molecule has 5 rings (SSSR count). The van der Waals surface area contributed by atoms with E-state index in [1.165, 1.54) is 25.9 Å². The number of anilines is 2. The van der Waals surface area contributed by atoms with Crippen molar-refractivity contribution in [3.05, 3.63) is 59.2 Å². The van der Waals surface area contributed by atoms with Crippen molar-refractivity contribution in [1.82, 2.24) is 4.90 Å². The maximum atomic E-state index is 12.5. The average Bonchev–Trinajstić information content (AvgIpc) is 3.39. The molecule has 0 atom stereocenters. The number of ether oxygens (including phenoxy) is 1. The summed E-state index contributed by atoms with van der Waals surface area (Å²) in [4.78, 5) is 15.0. The smallest absolute Gasteiger partial charge is 0.260 e. The number of nitrogens with zero attached hydrogens (tertiary/aromatic N) is 1. The van der Waals surface area contributed by atoms with E-state index < -0.39 is 0 Å². The fourth-order valence-corrected chi connectivity index (χ4v) is 4.19. The molecule has 5 heteroatoms. The summed E-state index contributed by atoms with van der Waals surface area (Å²) in [5.74, 6) is 0.600. The molecule has 2 aromatic carbocycles. The first-order valence-electron chi connectivity index (χ1n) is 9.67. The minimum absolute atomic E-state index is 0.0909. The van der Waals surface area contributed by atoms with Crippen LogP contribution in [-0.4, -0.2) is 37.0 Å². The molecule has 1 fully saturated rings. The number of hydrogen-bond donors (Lipinski definition) is 2. The SMILES string of the molecule is O=C1Nc2ccccc2C1=C1OCc2cc(NCCN3CCCC3)ccc21. The summed E-state index contributed by atoms with van der Waals surface area (Å²) in [5, 5.41) is 6.44. The van der Waals surface area contributed by atoms with Crippen LogP contribution in [0.5, 0.6) is 0 Å². The van der Waals surface area contributed by atoms with Gasteiger partial charge in [0.2, 0.25) is 0 Å². The predicted octanol–water partition coefficient (Wildman–Crippen LogP) is 3.54. The summed E-state index contributed by atoms with van der Waals surface area (Å²) in [5.41, 5.74) is 5.65. The Morgan fingerprint density at radius 3 is 2.81 bits per heavy atom. The van der Waals surface area contributed by atoms with Gasteiger partial charge in [0.25, 0.3) is 5.91 Å². The molecule has 0 bridgehead atoms. The highest BCUT2D eigenvalue weighted by Crippen LogP contribution is 2.41. The van der Waals surface area contributed by atoms with Crippen molar-refractivity contribution in [2.75, 3.05) is 36.8 Å². The van der Waals surface area contributed by atoms with Crippen LogP contribution in [0.25, 0.3) is 11.3 Å². The maximum absolute atomic E-state index is 12.5. The van der Waals surface area contributed by atoms with Crippen LogP contribution in [0.2, 0.25) is 0 Å². The van der Waals surface area contributed by atoms with Gasteiger partial charge in [0.05, 0.1) is 5.57 Å². The van der Waals surface area contributed by atoms with Gasteiger partial charge in [-0.05, 0) is 50.2 Å². The Morgan fingerprint density at radius 1 is 1.07 bits per heavy atom. The van der Waals surface area contributed by atoms with E-state index in [1.807, 2.05) is 24.3 Å². The third-order valence-corrected chi connectivity index (χ3v) is 5.58. The molecule has 3 heterocycles. The summed E-state index contributed by atoms with van der Waals surface area (Å²) < 4.78 is 5.96. The van der Waals surface area contributed by atoms with Gasteiger partial charge in [0, 0.05) is 41.2 Å². The van der Waals surface area contributed by atoms with Crippen molar-refractivity contribution < 1.29 is 9.53 Å². The van der Waals surface area contributed by atoms with E-state index in [1.54, 1.807) is 0 Å². The number of likely N-dealkylation sites (tertiary alicyclic amines) is 1. The van der Waals surface area contributed by atoms with Crippen molar-refractivity contribution in [3.8, 4) is 0 Å². The molecule has 0 unspecified atom stereocenters. The highest BCUT2D eigenvalue weighted by Gasteiger charge is 2.32. The van der Waals surface area contributed by atoms with Crippen LogP contribution in [0.4, 0.5) is 11.4 Å². The second kappa shape index (κ2) is 6.74. The highest BCUT2D eigenvalue weighted by molar-refractivity contribution is 6.36. The summed E-state index contributed by atoms with van der Waals surface area (Å²) in [6.07, 6.45) is 2.65. The van der Waals surface area contributed by atoms with Gasteiger partial charge in [-0.25, -0.2) is 0 Å². The number of amides is 1. The first kappa shape index (κ1) is 16.4. The maximum Gasteiger partial charge on any atom is 0.260 e. The molecule has 2 aromatic rings. The number of nitrogens with one attached hydrogen (secondary N) is 2. The van der Waals surface area contributed by atoms with Gasteiger partial charge in [0.15, 0.2) is 0 Å². The van der Waals surface area contributed by atoms with E-state index >= 15 is 0 Å². The number of para-hydroxylation sites is 1. The Labute approximate surface area is 159 Å². The second-order valence-electron chi connectivity index (χ2n) is 7.34. The number of carbonyl (C=O) groups is 1. The Kier molecular flexibility index (Phi) is 4.09. The van der Waals surface area contributed by atoms with Gasteiger partial charge in [-0.2, -0.15) is 0 Å². The Balaban J connectivity index is 1.37. The van der Waals surface area contributed by atoms with Crippen molar-refractivity contribution in [2.24, 2.45) is 0 Å². The fourth-order valence-electron chi connectivity index (χ4n) is 4.19. The number of fused-ring (bicyclic) bond motifs is 2. The van der Waals surface area contributed by atoms with Crippen LogP contribution < -0.4 is 10.6 Å². The topological polar surface area (TPSA) is 53.6 Å². The predicted molar refractivity (Wildman–Crippen MR) is 107 cm³/mol. The number of hydrogen-bond acceptors (Lipinski definition) is 4. The number of benzene rings is 2. The summed E-state index contributed by atoms with van der Waals surface area (Å²) in [7, 11) is 0. The van der Waals surface area contributed by atoms with E-state index in [0.717, 1.165) is 41.2 Å². The summed E-state index contributed by atoms with van der Waals surface area (Å²) in [6.45, 7) is 4.98. The number of rotatable bonds is 4. The Morgan fingerprint density at radius 2 is 1.93 bits per heavy atom. The van der Waals surface area contributed by atoms with Gasteiger partial charge in [-0.3, -0.25) is 4.79 Å². The lowest BCUT2D eigenvalue weighted by Gasteiger charge is -2.15. The van der Waals surface area contributed by atoms with Crippen LogP contribution in [0.1, 0.15) is 29.5 Å². The minimum atomic E-state index is -0.0909. The molecular weight excluding hydrogens is 338 g/mol. The van der Waals surface area contributed by atoms with Gasteiger partial charge >= 0.3 is 0 Å². The van der Waals surface area contributed by atoms with Crippen molar-refractivity contribution >= 4 is 28.6 Å². The van der Waals surface area contributed by atoms with Crippen LogP contribution in [0.3, 0.4) is 0 Å². The lowest BCUT2D eigenvalue weighted by Crippen LogP contribution is -2.25. The van der Waals surface area contributed by atoms with Crippen molar-refractivity contribution in [2.45, 2.75) is 19.4 Å². The quantitative estimate of drug-likeness (QED) is 0.818. The molecule has 0 spiro atoms.